The van der Waals surface area contributed by atoms with Gasteiger partial charge in [0.25, 0.3) is 5.91 Å². The van der Waals surface area contributed by atoms with E-state index in [4.69, 9.17) is 10.5 Å². The van der Waals surface area contributed by atoms with E-state index >= 15 is 0 Å². The molecule has 15 heteroatoms. The zero-order chi connectivity index (χ0) is 28.8. The number of likely N-dealkylation sites (tertiary alicyclic amines) is 1. The first-order chi connectivity index (χ1) is 18.9. The predicted molar refractivity (Wildman–Crippen MR) is 130 cm³/mol. The first kappa shape index (κ1) is 27.2. The van der Waals surface area contributed by atoms with Crippen LogP contribution in [-0.4, -0.2) is 62.8 Å². The molecule has 4 aromatic rings. The number of rotatable bonds is 6. The van der Waals surface area contributed by atoms with Crippen molar-refractivity contribution < 1.29 is 35.9 Å². The molecule has 1 aliphatic heterocycles. The van der Waals surface area contributed by atoms with Crippen molar-refractivity contribution in [3.63, 3.8) is 0 Å². The fourth-order valence-corrected chi connectivity index (χ4v) is 4.72. The summed E-state index contributed by atoms with van der Waals surface area (Å²) >= 11 is 0. The molecule has 1 fully saturated rings. The highest BCUT2D eigenvalue weighted by Gasteiger charge is 2.37. The van der Waals surface area contributed by atoms with Crippen molar-refractivity contribution in [2.45, 2.75) is 24.9 Å². The number of fused-ring (bicyclic) bond motifs is 1. The van der Waals surface area contributed by atoms with Crippen molar-refractivity contribution in [2.75, 3.05) is 25.9 Å². The highest BCUT2D eigenvalue weighted by Crippen LogP contribution is 2.39. The molecule has 0 spiro atoms. The normalized spacial score (nSPS) is 17.9. The topological polar surface area (TPSA) is 111 Å². The first-order valence-corrected chi connectivity index (χ1v) is 11.8. The lowest BCUT2D eigenvalue weighted by Crippen LogP contribution is -2.41. The van der Waals surface area contributed by atoms with Crippen LogP contribution in [-0.2, 0) is 12.7 Å². The minimum absolute atomic E-state index is 0.0367. The Hall–Kier alpha value is -4.40. The molecular formula is C25H21F6N7O2. The maximum Gasteiger partial charge on any atom is 0.418 e. The lowest BCUT2D eigenvalue weighted by molar-refractivity contribution is -0.136. The van der Waals surface area contributed by atoms with Gasteiger partial charge >= 0.3 is 6.18 Å². The van der Waals surface area contributed by atoms with Gasteiger partial charge in [0, 0.05) is 37.5 Å². The van der Waals surface area contributed by atoms with Crippen molar-refractivity contribution in [1.82, 2.24) is 29.8 Å². The van der Waals surface area contributed by atoms with Gasteiger partial charge in [-0.2, -0.15) is 18.3 Å². The van der Waals surface area contributed by atoms with Crippen LogP contribution in [0.1, 0.15) is 21.5 Å². The van der Waals surface area contributed by atoms with Crippen LogP contribution < -0.4 is 15.8 Å². The first-order valence-electron chi connectivity index (χ1n) is 11.8. The zero-order valence-electron chi connectivity index (χ0n) is 20.7. The third-order valence-corrected chi connectivity index (χ3v) is 6.44. The van der Waals surface area contributed by atoms with Gasteiger partial charge in [0.1, 0.15) is 35.2 Å². The van der Waals surface area contributed by atoms with Crippen LogP contribution in [0.5, 0.6) is 5.88 Å². The van der Waals surface area contributed by atoms with E-state index in [0.29, 0.717) is 5.56 Å². The molecule has 2 unspecified atom stereocenters. The van der Waals surface area contributed by atoms with Gasteiger partial charge in [-0.25, -0.2) is 27.7 Å². The van der Waals surface area contributed by atoms with Crippen molar-refractivity contribution in [1.29, 1.82) is 0 Å². The molecule has 3 aromatic heterocycles. The van der Waals surface area contributed by atoms with Crippen LogP contribution in [0, 0.1) is 11.6 Å². The van der Waals surface area contributed by atoms with Gasteiger partial charge in [-0.05, 0) is 29.8 Å². The summed E-state index contributed by atoms with van der Waals surface area (Å²) in [6.45, 7) is -0.0133. The van der Waals surface area contributed by atoms with Crippen LogP contribution in [0.25, 0.3) is 16.8 Å². The van der Waals surface area contributed by atoms with E-state index in [0.717, 1.165) is 35.1 Å². The van der Waals surface area contributed by atoms with E-state index in [2.05, 4.69) is 20.4 Å². The fraction of sp³-hybridized carbons (Fsp3) is 0.280. The van der Waals surface area contributed by atoms with Gasteiger partial charge < -0.3 is 15.8 Å². The monoisotopic (exact) mass is 565 g/mol. The van der Waals surface area contributed by atoms with Crippen molar-refractivity contribution in [2.24, 2.45) is 0 Å². The van der Waals surface area contributed by atoms with Gasteiger partial charge in [0.05, 0.1) is 24.4 Å². The molecule has 1 aliphatic rings. The molecule has 5 rings (SSSR count). The summed E-state index contributed by atoms with van der Waals surface area (Å²) in [6, 6.07) is 4.07. The molecule has 1 aromatic carbocycles. The Morgan fingerprint density at radius 1 is 1.12 bits per heavy atom. The van der Waals surface area contributed by atoms with Gasteiger partial charge in [-0.3, -0.25) is 9.69 Å². The van der Waals surface area contributed by atoms with Gasteiger partial charge in [-0.1, -0.05) is 0 Å². The number of amides is 1. The molecule has 0 aliphatic carbocycles. The van der Waals surface area contributed by atoms with Crippen LogP contribution in [0.2, 0.25) is 0 Å². The summed E-state index contributed by atoms with van der Waals surface area (Å²) < 4.78 is 89.2. The van der Waals surface area contributed by atoms with Crippen LogP contribution in [0.15, 0.2) is 42.9 Å². The summed E-state index contributed by atoms with van der Waals surface area (Å²) in [5.41, 5.74) is 4.31. The highest BCUT2D eigenvalue weighted by atomic mass is 19.4. The zero-order valence-corrected chi connectivity index (χ0v) is 20.7. The number of hydrogen-bond acceptors (Lipinski definition) is 7. The van der Waals surface area contributed by atoms with E-state index in [9.17, 15) is 31.1 Å². The number of pyridine rings is 1. The average Bonchev–Trinajstić information content (AvgIpc) is 3.44. The van der Waals surface area contributed by atoms with E-state index in [1.807, 2.05) is 0 Å². The number of hydrogen-bond donors (Lipinski definition) is 2. The molecule has 4 heterocycles. The maximum atomic E-state index is 14.8. The van der Waals surface area contributed by atoms with Gasteiger partial charge in [0.2, 0.25) is 5.88 Å². The summed E-state index contributed by atoms with van der Waals surface area (Å²) in [7, 11) is 1.24. The Balaban J connectivity index is 1.41. The van der Waals surface area contributed by atoms with E-state index < -0.39 is 52.8 Å². The number of ether oxygens (including phenoxy) is 1. The summed E-state index contributed by atoms with van der Waals surface area (Å²) in [4.78, 5) is 22.5. The van der Waals surface area contributed by atoms with Gasteiger partial charge in [0.15, 0.2) is 5.82 Å². The fourth-order valence-electron chi connectivity index (χ4n) is 4.72. The minimum Gasteiger partial charge on any atom is -0.480 e. The molecule has 0 radical (unpaired) electrons. The predicted octanol–water partition coefficient (Wildman–Crippen LogP) is 3.63. The van der Waals surface area contributed by atoms with E-state index in [-0.39, 0.29) is 42.3 Å². The molecule has 0 saturated carbocycles. The number of nitrogens with one attached hydrogen (secondary N) is 1. The number of nitrogens with zero attached hydrogens (tertiary/aromatic N) is 5. The third kappa shape index (κ3) is 5.23. The van der Waals surface area contributed by atoms with Crippen molar-refractivity contribution in [3.8, 4) is 17.1 Å². The smallest absolute Gasteiger partial charge is 0.418 e. The summed E-state index contributed by atoms with van der Waals surface area (Å²) in [6.07, 6.45) is -4.09. The Morgan fingerprint density at radius 3 is 2.52 bits per heavy atom. The molecule has 9 nitrogen and oxygen atoms in total. The number of methoxy groups -OCH3 is 1. The van der Waals surface area contributed by atoms with E-state index in [1.54, 1.807) is 4.90 Å². The average molecular weight is 565 g/mol. The number of anilines is 1. The second kappa shape index (κ2) is 10.3. The van der Waals surface area contributed by atoms with Crippen molar-refractivity contribution >= 4 is 17.2 Å². The summed E-state index contributed by atoms with van der Waals surface area (Å²) in [5, 5.41) is 6.44. The van der Waals surface area contributed by atoms with Crippen LogP contribution in [0.4, 0.5) is 32.2 Å². The van der Waals surface area contributed by atoms with Crippen molar-refractivity contribution in [3.05, 3.63) is 71.2 Å². The SMILES string of the molecule is COc1ncc(-c2cc(C(F)(F)F)c3c(N)ncnn23)cc1C(=O)NC1CN(Cc2cc(F)cc(F)c2)CC1F. The molecule has 1 saturated heterocycles. The molecular weight excluding hydrogens is 544 g/mol. The minimum atomic E-state index is -4.77. The number of aromatic nitrogens is 4. The molecule has 210 valence electrons. The number of carbonyl (C=O) groups is 1. The van der Waals surface area contributed by atoms with Crippen LogP contribution in [0.3, 0.4) is 0 Å². The Kier molecular flexibility index (Phi) is 6.99. The largest absolute Gasteiger partial charge is 0.480 e. The molecule has 1 amide bonds. The number of nitrogen functional groups attached to an aromatic ring is 1. The second-order valence-corrected chi connectivity index (χ2v) is 9.20. The lowest BCUT2D eigenvalue weighted by Gasteiger charge is -2.17. The number of benzene rings is 1. The quantitative estimate of drug-likeness (QED) is 0.344. The van der Waals surface area contributed by atoms with E-state index in [1.165, 1.54) is 19.4 Å². The molecule has 40 heavy (non-hydrogen) atoms. The Labute approximate surface area is 222 Å². The number of halogens is 6. The Morgan fingerprint density at radius 2 is 1.85 bits per heavy atom. The maximum absolute atomic E-state index is 14.8. The number of nitrogens with two attached hydrogens (primary N) is 1. The Bertz CT molecular complexity index is 1570. The van der Waals surface area contributed by atoms with Gasteiger partial charge in [-0.15, -0.1) is 0 Å². The third-order valence-electron chi connectivity index (χ3n) is 6.44. The molecule has 3 N–H and O–H groups in total. The number of alkyl halides is 4. The molecule has 0 bridgehead atoms. The summed E-state index contributed by atoms with van der Waals surface area (Å²) in [5.74, 6) is -2.85. The lowest BCUT2D eigenvalue weighted by atomic mass is 10.1. The number of carbonyl (C=O) groups excluding carboxylic acids is 1. The standard InChI is InChI=1S/C25H21F6N7O2/c1-40-24-16(23(39)36-19-10-37(9-18(19)28)8-12-2-14(26)5-15(27)3-12)4-13(7-33-24)20-6-17(25(29,30)31)21-22(32)34-11-35-38(20)21/h2-7,11,18-19H,8-10H2,1H3,(H,36,39)(H2,32,34,35). The second-order valence-electron chi connectivity index (χ2n) is 9.20. The molecule has 2 atom stereocenters. The highest BCUT2D eigenvalue weighted by molar-refractivity contribution is 5.98. The van der Waals surface area contributed by atoms with Crippen LogP contribution >= 0.6 is 0 Å².